The molecule has 1 aromatic heterocycles. The first-order chi connectivity index (χ1) is 8.16. The molecule has 1 aromatic carbocycles. The molecule has 4 nitrogen and oxygen atoms in total. The predicted molar refractivity (Wildman–Crippen MR) is 64.7 cm³/mol. The van der Waals surface area contributed by atoms with E-state index in [2.05, 4.69) is 9.97 Å². The fraction of sp³-hybridized carbons (Fsp3) is 0.231. The van der Waals surface area contributed by atoms with Gasteiger partial charge >= 0.3 is 5.97 Å². The van der Waals surface area contributed by atoms with Gasteiger partial charge in [0.15, 0.2) is 0 Å². The number of aliphatic carboxylic acids is 1. The smallest absolute Gasteiger partial charge is 0.303 e. The summed E-state index contributed by atoms with van der Waals surface area (Å²) in [5.74, 6) is -0.0931. The zero-order chi connectivity index (χ0) is 12.3. The van der Waals surface area contributed by atoms with Crippen molar-refractivity contribution in [3.8, 4) is 11.3 Å². The zero-order valence-electron chi connectivity index (χ0n) is 9.60. The lowest BCUT2D eigenvalue weighted by Gasteiger charge is -2.01. The first-order valence-electron chi connectivity index (χ1n) is 5.48. The van der Waals surface area contributed by atoms with Crippen LogP contribution in [0, 0.1) is 6.92 Å². The molecule has 0 amide bonds. The van der Waals surface area contributed by atoms with E-state index in [1.54, 1.807) is 6.20 Å². The van der Waals surface area contributed by atoms with E-state index in [0.29, 0.717) is 12.2 Å². The SMILES string of the molecule is Cc1ccccc1-c1cnc(CCC(=O)O)[nH]1. The highest BCUT2D eigenvalue weighted by Crippen LogP contribution is 2.21. The lowest BCUT2D eigenvalue weighted by Crippen LogP contribution is -1.98. The predicted octanol–water partition coefficient (Wildman–Crippen LogP) is 2.40. The lowest BCUT2D eigenvalue weighted by molar-refractivity contribution is -0.137. The van der Waals surface area contributed by atoms with Gasteiger partial charge in [-0.2, -0.15) is 0 Å². The molecule has 0 saturated heterocycles. The van der Waals surface area contributed by atoms with Gasteiger partial charge in [0.2, 0.25) is 0 Å². The molecule has 1 heterocycles. The highest BCUT2D eigenvalue weighted by atomic mass is 16.4. The summed E-state index contributed by atoms with van der Waals surface area (Å²) in [5, 5.41) is 8.60. The number of H-pyrrole nitrogens is 1. The first-order valence-corrected chi connectivity index (χ1v) is 5.48. The fourth-order valence-corrected chi connectivity index (χ4v) is 1.73. The number of carbonyl (C=O) groups is 1. The number of aromatic amines is 1. The van der Waals surface area contributed by atoms with Crippen molar-refractivity contribution < 1.29 is 9.90 Å². The normalized spacial score (nSPS) is 10.4. The summed E-state index contributed by atoms with van der Waals surface area (Å²) in [6.07, 6.45) is 2.28. The van der Waals surface area contributed by atoms with E-state index in [1.807, 2.05) is 31.2 Å². The topological polar surface area (TPSA) is 66.0 Å². The Bertz CT molecular complexity index is 532. The molecule has 2 N–H and O–H groups in total. The Labute approximate surface area is 99.3 Å². The molecule has 2 aromatic rings. The van der Waals surface area contributed by atoms with Crippen molar-refractivity contribution in [1.82, 2.24) is 9.97 Å². The summed E-state index contributed by atoms with van der Waals surface area (Å²) in [6.45, 7) is 2.03. The molecule has 17 heavy (non-hydrogen) atoms. The maximum absolute atomic E-state index is 10.5. The minimum absolute atomic E-state index is 0.0979. The minimum Gasteiger partial charge on any atom is -0.481 e. The molecule has 0 bridgehead atoms. The van der Waals surface area contributed by atoms with Crippen LogP contribution in [0.15, 0.2) is 30.5 Å². The number of hydrogen-bond donors (Lipinski definition) is 2. The minimum atomic E-state index is -0.807. The summed E-state index contributed by atoms with van der Waals surface area (Å²) >= 11 is 0. The van der Waals surface area contributed by atoms with Gasteiger partial charge < -0.3 is 10.1 Å². The molecule has 0 saturated carbocycles. The standard InChI is InChI=1S/C13H14N2O2/c1-9-4-2-3-5-10(9)11-8-14-12(15-11)6-7-13(16)17/h2-5,8H,6-7H2,1H3,(H,14,15)(H,16,17). The number of aryl methyl sites for hydroxylation is 2. The molecule has 4 heteroatoms. The zero-order valence-corrected chi connectivity index (χ0v) is 9.60. The van der Waals surface area contributed by atoms with Crippen LogP contribution in [0.3, 0.4) is 0 Å². The first kappa shape index (κ1) is 11.4. The van der Waals surface area contributed by atoms with Crippen LogP contribution in [0.1, 0.15) is 17.8 Å². The summed E-state index contributed by atoms with van der Waals surface area (Å²) in [6, 6.07) is 8.01. The van der Waals surface area contributed by atoms with Gasteiger partial charge in [0.05, 0.1) is 18.3 Å². The number of carboxylic acids is 1. The van der Waals surface area contributed by atoms with Gasteiger partial charge in [0.25, 0.3) is 0 Å². The monoisotopic (exact) mass is 230 g/mol. The van der Waals surface area contributed by atoms with Crippen molar-refractivity contribution in [2.75, 3.05) is 0 Å². The quantitative estimate of drug-likeness (QED) is 0.847. The maximum Gasteiger partial charge on any atom is 0.303 e. The Morgan fingerprint density at radius 2 is 2.18 bits per heavy atom. The Balaban J connectivity index is 2.18. The van der Waals surface area contributed by atoms with Gasteiger partial charge in [-0.25, -0.2) is 4.98 Å². The molecular formula is C13H14N2O2. The van der Waals surface area contributed by atoms with E-state index < -0.39 is 5.97 Å². The molecule has 0 spiro atoms. The summed E-state index contributed by atoms with van der Waals surface area (Å²) < 4.78 is 0. The Morgan fingerprint density at radius 1 is 1.41 bits per heavy atom. The van der Waals surface area contributed by atoms with Crippen molar-refractivity contribution in [2.24, 2.45) is 0 Å². The van der Waals surface area contributed by atoms with E-state index >= 15 is 0 Å². The van der Waals surface area contributed by atoms with E-state index in [1.165, 1.54) is 5.56 Å². The Hall–Kier alpha value is -2.10. The highest BCUT2D eigenvalue weighted by molar-refractivity contribution is 5.67. The second-order valence-corrected chi connectivity index (χ2v) is 3.95. The van der Waals surface area contributed by atoms with E-state index in [0.717, 1.165) is 11.3 Å². The molecule has 2 rings (SSSR count). The fourth-order valence-electron chi connectivity index (χ4n) is 1.73. The molecule has 0 aliphatic carbocycles. The number of imidazole rings is 1. The van der Waals surface area contributed by atoms with Gasteiger partial charge in [-0.3, -0.25) is 4.79 Å². The van der Waals surface area contributed by atoms with Gasteiger partial charge in [-0.05, 0) is 12.5 Å². The third kappa shape index (κ3) is 2.72. The average molecular weight is 230 g/mol. The van der Waals surface area contributed by atoms with Crippen LogP contribution < -0.4 is 0 Å². The van der Waals surface area contributed by atoms with Crippen LogP contribution in [0.5, 0.6) is 0 Å². The van der Waals surface area contributed by atoms with Crippen LogP contribution in [-0.2, 0) is 11.2 Å². The number of hydrogen-bond acceptors (Lipinski definition) is 2. The van der Waals surface area contributed by atoms with Crippen LogP contribution >= 0.6 is 0 Å². The van der Waals surface area contributed by atoms with Crippen molar-refractivity contribution in [1.29, 1.82) is 0 Å². The number of rotatable bonds is 4. The van der Waals surface area contributed by atoms with Crippen LogP contribution in [-0.4, -0.2) is 21.0 Å². The van der Waals surface area contributed by atoms with Crippen LogP contribution in [0.25, 0.3) is 11.3 Å². The number of nitrogens with one attached hydrogen (secondary N) is 1. The molecule has 0 aliphatic rings. The summed E-state index contributed by atoms with van der Waals surface area (Å²) in [7, 11) is 0. The number of aromatic nitrogens is 2. The van der Waals surface area contributed by atoms with Gasteiger partial charge in [0, 0.05) is 12.0 Å². The Kier molecular flexibility index (Phi) is 3.23. The van der Waals surface area contributed by atoms with Gasteiger partial charge in [-0.15, -0.1) is 0 Å². The van der Waals surface area contributed by atoms with Gasteiger partial charge in [0.1, 0.15) is 5.82 Å². The summed E-state index contributed by atoms with van der Waals surface area (Å²) in [5.41, 5.74) is 3.20. The second kappa shape index (κ2) is 4.82. The molecule has 88 valence electrons. The average Bonchev–Trinajstić information content (AvgIpc) is 2.75. The number of benzene rings is 1. The van der Waals surface area contributed by atoms with Gasteiger partial charge in [-0.1, -0.05) is 24.3 Å². The van der Waals surface area contributed by atoms with Crippen molar-refractivity contribution >= 4 is 5.97 Å². The van der Waals surface area contributed by atoms with Crippen LogP contribution in [0.4, 0.5) is 0 Å². The van der Waals surface area contributed by atoms with E-state index in [-0.39, 0.29) is 6.42 Å². The summed E-state index contributed by atoms with van der Waals surface area (Å²) in [4.78, 5) is 17.8. The van der Waals surface area contributed by atoms with Crippen molar-refractivity contribution in [2.45, 2.75) is 19.8 Å². The molecular weight excluding hydrogens is 216 g/mol. The molecule has 0 radical (unpaired) electrons. The van der Waals surface area contributed by atoms with Crippen molar-refractivity contribution in [3.05, 3.63) is 41.9 Å². The van der Waals surface area contributed by atoms with E-state index in [4.69, 9.17) is 5.11 Å². The lowest BCUT2D eigenvalue weighted by atomic mass is 10.1. The maximum atomic E-state index is 10.5. The largest absolute Gasteiger partial charge is 0.481 e. The molecule has 0 atom stereocenters. The Morgan fingerprint density at radius 3 is 2.88 bits per heavy atom. The third-order valence-electron chi connectivity index (χ3n) is 2.64. The molecule has 0 unspecified atom stereocenters. The highest BCUT2D eigenvalue weighted by Gasteiger charge is 2.06. The third-order valence-corrected chi connectivity index (χ3v) is 2.64. The second-order valence-electron chi connectivity index (χ2n) is 3.95. The molecule has 0 fully saturated rings. The van der Waals surface area contributed by atoms with Crippen molar-refractivity contribution in [3.63, 3.8) is 0 Å². The van der Waals surface area contributed by atoms with Crippen LogP contribution in [0.2, 0.25) is 0 Å². The number of nitrogens with zero attached hydrogens (tertiary/aromatic N) is 1. The molecule has 0 aliphatic heterocycles. The van der Waals surface area contributed by atoms with E-state index in [9.17, 15) is 4.79 Å². The number of carboxylic acid groups (broad SMARTS) is 1.